The third-order valence-electron chi connectivity index (χ3n) is 2.35. The number of likely N-dealkylation sites (N-methyl/N-ethyl adjacent to an activating group) is 1. The highest BCUT2D eigenvalue weighted by Gasteiger charge is 2.18. The van der Waals surface area contributed by atoms with E-state index in [4.69, 9.17) is 23.2 Å². The third-order valence-corrected chi connectivity index (χ3v) is 2.91. The fourth-order valence-corrected chi connectivity index (χ4v) is 2.05. The fraction of sp³-hybridized carbons (Fsp3) is 0.583. The summed E-state index contributed by atoms with van der Waals surface area (Å²) in [7, 11) is 0. The minimum Gasteiger partial charge on any atom is -0.389 e. The molecule has 0 radical (unpaired) electrons. The quantitative estimate of drug-likeness (QED) is 0.840. The van der Waals surface area contributed by atoms with Crippen LogP contribution < -0.4 is 0 Å². The summed E-state index contributed by atoms with van der Waals surface area (Å²) in [5.41, 5.74) is 0.199. The lowest BCUT2D eigenvalue weighted by molar-refractivity contribution is 0.0353. The molecule has 0 bridgehead atoms. The molecule has 1 aromatic rings. The zero-order chi connectivity index (χ0) is 13.1. The molecular weight excluding hydrogens is 259 g/mol. The third kappa shape index (κ3) is 5.21. The van der Waals surface area contributed by atoms with Crippen LogP contribution in [-0.2, 0) is 6.54 Å². The number of nitrogens with zero attached hydrogens (tertiary/aromatic N) is 2. The van der Waals surface area contributed by atoms with E-state index in [2.05, 4.69) is 9.88 Å². The highest BCUT2D eigenvalue weighted by molar-refractivity contribution is 6.34. The van der Waals surface area contributed by atoms with Crippen molar-refractivity contribution in [1.29, 1.82) is 0 Å². The molecule has 5 heteroatoms. The van der Waals surface area contributed by atoms with Crippen LogP contribution in [0.3, 0.4) is 0 Å². The number of halogens is 2. The van der Waals surface area contributed by atoms with Crippen molar-refractivity contribution in [3.63, 3.8) is 0 Å². The van der Waals surface area contributed by atoms with Gasteiger partial charge < -0.3 is 5.11 Å². The van der Waals surface area contributed by atoms with Crippen LogP contribution >= 0.6 is 23.2 Å². The number of aromatic nitrogens is 1. The first-order valence-electron chi connectivity index (χ1n) is 5.56. The molecule has 0 aliphatic heterocycles. The van der Waals surface area contributed by atoms with E-state index in [1.807, 2.05) is 6.92 Å². The molecule has 0 aromatic carbocycles. The van der Waals surface area contributed by atoms with Gasteiger partial charge in [-0.05, 0) is 26.5 Å². The fourth-order valence-electron chi connectivity index (χ4n) is 1.62. The second kappa shape index (κ2) is 6.01. The largest absolute Gasteiger partial charge is 0.389 e. The number of hydrogen-bond donors (Lipinski definition) is 1. The molecule has 1 heterocycles. The van der Waals surface area contributed by atoms with Gasteiger partial charge in [0.05, 0.1) is 5.60 Å². The Morgan fingerprint density at radius 1 is 1.41 bits per heavy atom. The number of pyridine rings is 1. The van der Waals surface area contributed by atoms with Crippen LogP contribution in [0.1, 0.15) is 26.3 Å². The number of aliphatic hydroxyl groups is 1. The summed E-state index contributed by atoms with van der Waals surface area (Å²) >= 11 is 11.8. The van der Waals surface area contributed by atoms with Crippen LogP contribution in [-0.4, -0.2) is 33.7 Å². The predicted octanol–water partition coefficient (Wildman–Crippen LogP) is 2.98. The van der Waals surface area contributed by atoms with Crippen molar-refractivity contribution in [3.05, 3.63) is 28.0 Å². The molecule has 0 fully saturated rings. The zero-order valence-corrected chi connectivity index (χ0v) is 11.9. The van der Waals surface area contributed by atoms with Crippen molar-refractivity contribution in [2.75, 3.05) is 13.1 Å². The van der Waals surface area contributed by atoms with Gasteiger partial charge in [-0.3, -0.25) is 4.90 Å². The minimum absolute atomic E-state index is 0.393. The van der Waals surface area contributed by atoms with Crippen molar-refractivity contribution in [1.82, 2.24) is 9.88 Å². The van der Waals surface area contributed by atoms with Gasteiger partial charge in [-0.2, -0.15) is 0 Å². The average molecular weight is 277 g/mol. The van der Waals surface area contributed by atoms with E-state index in [0.29, 0.717) is 23.3 Å². The molecule has 0 aliphatic carbocycles. The SMILES string of the molecule is CCN(Cc1cnc(Cl)cc1Cl)CC(C)(C)O. The zero-order valence-electron chi connectivity index (χ0n) is 10.4. The second-order valence-corrected chi connectivity index (χ2v) is 5.51. The van der Waals surface area contributed by atoms with Gasteiger partial charge in [0.1, 0.15) is 5.15 Å². The van der Waals surface area contributed by atoms with Gasteiger partial charge in [-0.25, -0.2) is 4.98 Å². The molecule has 3 nitrogen and oxygen atoms in total. The summed E-state index contributed by atoms with van der Waals surface area (Å²) in [5.74, 6) is 0. The van der Waals surface area contributed by atoms with E-state index in [1.165, 1.54) is 0 Å². The van der Waals surface area contributed by atoms with E-state index in [9.17, 15) is 5.11 Å². The average Bonchev–Trinajstić information content (AvgIpc) is 2.19. The van der Waals surface area contributed by atoms with Crippen molar-refractivity contribution in [3.8, 4) is 0 Å². The molecule has 1 N–H and O–H groups in total. The first-order chi connectivity index (χ1) is 7.81. The van der Waals surface area contributed by atoms with Crippen molar-refractivity contribution in [2.45, 2.75) is 32.9 Å². The molecule has 1 rings (SSSR count). The summed E-state index contributed by atoms with van der Waals surface area (Å²) in [6.45, 7) is 7.70. The summed E-state index contributed by atoms with van der Waals surface area (Å²) in [6, 6.07) is 1.64. The Balaban J connectivity index is 2.74. The molecule has 0 atom stereocenters. The molecule has 0 spiro atoms. The van der Waals surface area contributed by atoms with E-state index in [-0.39, 0.29) is 0 Å². The monoisotopic (exact) mass is 276 g/mol. The Labute approximate surface area is 112 Å². The summed E-state index contributed by atoms with van der Waals surface area (Å²) in [4.78, 5) is 6.12. The Bertz CT molecular complexity index is 377. The molecule has 17 heavy (non-hydrogen) atoms. The Hall–Kier alpha value is -0.350. The van der Waals surface area contributed by atoms with Crippen molar-refractivity contribution < 1.29 is 5.11 Å². The topological polar surface area (TPSA) is 36.4 Å². The van der Waals surface area contributed by atoms with Gasteiger partial charge in [0.25, 0.3) is 0 Å². The van der Waals surface area contributed by atoms with Gasteiger partial charge >= 0.3 is 0 Å². The van der Waals surface area contributed by atoms with Gasteiger partial charge in [-0.15, -0.1) is 0 Å². The molecule has 0 saturated heterocycles. The van der Waals surface area contributed by atoms with Gasteiger partial charge in [0.15, 0.2) is 0 Å². The van der Waals surface area contributed by atoms with Crippen molar-refractivity contribution in [2.24, 2.45) is 0 Å². The van der Waals surface area contributed by atoms with Crippen LogP contribution in [0.25, 0.3) is 0 Å². The van der Waals surface area contributed by atoms with E-state index >= 15 is 0 Å². The molecule has 0 amide bonds. The number of hydrogen-bond acceptors (Lipinski definition) is 3. The summed E-state index contributed by atoms with van der Waals surface area (Å²) in [6.07, 6.45) is 1.68. The maximum absolute atomic E-state index is 9.80. The highest BCUT2D eigenvalue weighted by Crippen LogP contribution is 2.20. The molecule has 0 saturated carbocycles. The lowest BCUT2D eigenvalue weighted by Crippen LogP contribution is -2.38. The first kappa shape index (κ1) is 14.7. The standard InChI is InChI=1S/C12H18Cl2N2O/c1-4-16(8-12(2,3)17)7-9-6-15-11(14)5-10(9)13/h5-6,17H,4,7-8H2,1-3H3. The summed E-state index contributed by atoms with van der Waals surface area (Å²) < 4.78 is 0. The molecule has 1 aromatic heterocycles. The predicted molar refractivity (Wildman–Crippen MR) is 71.5 cm³/mol. The normalized spacial score (nSPS) is 12.2. The van der Waals surface area contributed by atoms with E-state index in [1.54, 1.807) is 26.1 Å². The van der Waals surface area contributed by atoms with E-state index < -0.39 is 5.60 Å². The maximum atomic E-state index is 9.80. The molecule has 0 aliphatic rings. The van der Waals surface area contributed by atoms with Crippen LogP contribution in [0.2, 0.25) is 10.2 Å². The van der Waals surface area contributed by atoms with E-state index in [0.717, 1.165) is 12.1 Å². The number of rotatable bonds is 5. The highest BCUT2D eigenvalue weighted by atomic mass is 35.5. The molecule has 0 unspecified atom stereocenters. The Morgan fingerprint density at radius 2 is 2.06 bits per heavy atom. The van der Waals surface area contributed by atoms with Gasteiger partial charge in [0, 0.05) is 29.9 Å². The van der Waals surface area contributed by atoms with Crippen LogP contribution in [0, 0.1) is 0 Å². The molecule has 96 valence electrons. The first-order valence-corrected chi connectivity index (χ1v) is 6.32. The second-order valence-electron chi connectivity index (χ2n) is 4.71. The lowest BCUT2D eigenvalue weighted by Gasteiger charge is -2.28. The van der Waals surface area contributed by atoms with Gasteiger partial charge in [-0.1, -0.05) is 30.1 Å². The summed E-state index contributed by atoms with van der Waals surface area (Å²) in [5, 5.41) is 10.8. The molecular formula is C12H18Cl2N2O. The Kier molecular flexibility index (Phi) is 5.20. The van der Waals surface area contributed by atoms with Gasteiger partial charge in [0.2, 0.25) is 0 Å². The Morgan fingerprint density at radius 3 is 2.53 bits per heavy atom. The van der Waals surface area contributed by atoms with Crippen LogP contribution in [0.4, 0.5) is 0 Å². The van der Waals surface area contributed by atoms with Crippen LogP contribution in [0.15, 0.2) is 12.3 Å². The van der Waals surface area contributed by atoms with Crippen LogP contribution in [0.5, 0.6) is 0 Å². The minimum atomic E-state index is -0.720. The maximum Gasteiger partial charge on any atom is 0.130 e. The lowest BCUT2D eigenvalue weighted by atomic mass is 10.1. The van der Waals surface area contributed by atoms with Crippen molar-refractivity contribution >= 4 is 23.2 Å². The smallest absolute Gasteiger partial charge is 0.130 e.